The largest absolute Gasteiger partial charge is 0.378 e. The molecule has 0 bridgehead atoms. The van der Waals surface area contributed by atoms with Crippen LogP contribution in [0.25, 0.3) is 11.0 Å². The van der Waals surface area contributed by atoms with Gasteiger partial charge in [-0.25, -0.2) is 22.2 Å². The lowest BCUT2D eigenvalue weighted by molar-refractivity contribution is 0.0202. The maximum Gasteiger partial charge on any atom is 0.253 e. The van der Waals surface area contributed by atoms with Crippen LogP contribution < -0.4 is 9.80 Å². The molecule has 2 aromatic carbocycles. The maximum atomic E-state index is 14.2. The molecule has 0 radical (unpaired) electrons. The molecule has 12 heteroatoms. The van der Waals surface area contributed by atoms with E-state index in [2.05, 4.69) is 4.90 Å². The molecule has 5 heterocycles. The minimum Gasteiger partial charge on any atom is -0.378 e. The van der Waals surface area contributed by atoms with Gasteiger partial charge in [0.15, 0.2) is 9.84 Å². The van der Waals surface area contributed by atoms with Gasteiger partial charge in [0, 0.05) is 61.0 Å². The highest BCUT2D eigenvalue weighted by Gasteiger charge is 2.57. The van der Waals surface area contributed by atoms with Crippen molar-refractivity contribution >= 4 is 38.3 Å². The van der Waals surface area contributed by atoms with Crippen LogP contribution >= 0.6 is 0 Å². The number of likely N-dealkylation sites (tertiary alicyclic amines) is 1. The number of amides is 1. The quantitative estimate of drug-likeness (QED) is 0.474. The summed E-state index contributed by atoms with van der Waals surface area (Å²) in [6.07, 6.45) is 3.24. The molecule has 7 rings (SSSR count). The highest BCUT2D eigenvalue weighted by atomic mass is 32.2. The fourth-order valence-corrected chi connectivity index (χ4v) is 8.87. The molecule has 4 fully saturated rings. The Bertz CT molecular complexity index is 1590. The van der Waals surface area contributed by atoms with Crippen molar-refractivity contribution in [2.75, 3.05) is 67.2 Å². The van der Waals surface area contributed by atoms with E-state index in [4.69, 9.17) is 14.7 Å². The highest BCUT2D eigenvalue weighted by molar-refractivity contribution is 7.92. The van der Waals surface area contributed by atoms with Gasteiger partial charge in [-0.05, 0) is 37.1 Å². The molecule has 9 nitrogen and oxygen atoms in total. The summed E-state index contributed by atoms with van der Waals surface area (Å²) in [6, 6.07) is 6.83. The molecule has 4 aliphatic rings. The number of ether oxygens (including phenoxy) is 1. The minimum absolute atomic E-state index is 0.129. The Morgan fingerprint density at radius 1 is 1.00 bits per heavy atom. The number of sulfone groups is 1. The highest BCUT2D eigenvalue weighted by Crippen LogP contribution is 2.43. The SMILES string of the molecule is O=C(c1cc(C2CCCN2c2cc(F)cc(F)c2)c2nc(N3CCOCC3)cnc2c1)N1CC2(C1)CS(=O)(=O)C2. The average molecular weight is 570 g/mol. The summed E-state index contributed by atoms with van der Waals surface area (Å²) in [5, 5.41) is 0. The van der Waals surface area contributed by atoms with E-state index in [1.807, 2.05) is 11.0 Å². The van der Waals surface area contributed by atoms with E-state index in [1.54, 1.807) is 17.2 Å². The van der Waals surface area contributed by atoms with Gasteiger partial charge in [-0.1, -0.05) is 0 Å². The van der Waals surface area contributed by atoms with Crippen molar-refractivity contribution in [1.82, 2.24) is 14.9 Å². The third-order valence-corrected chi connectivity index (χ3v) is 10.5. The van der Waals surface area contributed by atoms with Crippen LogP contribution in [0.2, 0.25) is 0 Å². The van der Waals surface area contributed by atoms with Crippen LogP contribution in [0, 0.1) is 17.0 Å². The van der Waals surface area contributed by atoms with Gasteiger partial charge in [0.2, 0.25) is 0 Å². The van der Waals surface area contributed by atoms with Gasteiger partial charge in [-0.15, -0.1) is 0 Å². The van der Waals surface area contributed by atoms with Gasteiger partial charge in [-0.3, -0.25) is 9.78 Å². The number of halogens is 2. The molecule has 1 aromatic heterocycles. The number of benzene rings is 2. The van der Waals surface area contributed by atoms with Crippen LogP contribution in [0.15, 0.2) is 36.5 Å². The number of fused-ring (bicyclic) bond motifs is 1. The lowest BCUT2D eigenvalue weighted by atomic mass is 9.82. The fraction of sp³-hybridized carbons (Fsp3) is 0.464. The third kappa shape index (κ3) is 4.46. The van der Waals surface area contributed by atoms with Crippen LogP contribution in [0.3, 0.4) is 0 Å². The topological polar surface area (TPSA) is 95.9 Å². The van der Waals surface area contributed by atoms with Crippen molar-refractivity contribution in [3.63, 3.8) is 0 Å². The van der Waals surface area contributed by atoms with E-state index in [1.165, 1.54) is 12.1 Å². The van der Waals surface area contributed by atoms with E-state index in [-0.39, 0.29) is 28.9 Å². The fourth-order valence-electron chi connectivity index (χ4n) is 6.72. The number of rotatable bonds is 4. The molecular formula is C28H29F2N5O4S. The third-order valence-electron chi connectivity index (χ3n) is 8.43. The number of nitrogens with zero attached hydrogens (tertiary/aromatic N) is 5. The first kappa shape index (κ1) is 25.6. The van der Waals surface area contributed by atoms with E-state index in [0.29, 0.717) is 74.0 Å². The van der Waals surface area contributed by atoms with Gasteiger partial charge >= 0.3 is 0 Å². The number of carbonyl (C=O) groups excluding carboxylic acids is 1. The number of carbonyl (C=O) groups is 1. The smallest absolute Gasteiger partial charge is 0.253 e. The van der Waals surface area contributed by atoms with E-state index >= 15 is 0 Å². The Kier molecular flexibility index (Phi) is 5.97. The van der Waals surface area contributed by atoms with Gasteiger partial charge in [0.1, 0.15) is 17.5 Å². The van der Waals surface area contributed by atoms with Crippen molar-refractivity contribution in [1.29, 1.82) is 0 Å². The summed E-state index contributed by atoms with van der Waals surface area (Å²) >= 11 is 0. The monoisotopic (exact) mass is 569 g/mol. The zero-order valence-electron chi connectivity index (χ0n) is 21.9. The van der Waals surface area contributed by atoms with E-state index < -0.39 is 21.5 Å². The Morgan fingerprint density at radius 3 is 2.42 bits per heavy atom. The number of hydrogen-bond acceptors (Lipinski definition) is 8. The number of hydrogen-bond donors (Lipinski definition) is 0. The van der Waals surface area contributed by atoms with Crippen molar-refractivity contribution in [3.8, 4) is 0 Å². The summed E-state index contributed by atoms with van der Waals surface area (Å²) in [4.78, 5) is 29.0. The van der Waals surface area contributed by atoms with Gasteiger partial charge in [-0.2, -0.15) is 0 Å². The molecule has 40 heavy (non-hydrogen) atoms. The van der Waals surface area contributed by atoms with Crippen molar-refractivity contribution in [3.05, 3.63) is 59.3 Å². The molecule has 1 atom stereocenters. The lowest BCUT2D eigenvalue weighted by Crippen LogP contribution is -2.69. The molecule has 1 amide bonds. The van der Waals surface area contributed by atoms with Crippen LogP contribution in [-0.2, 0) is 14.6 Å². The van der Waals surface area contributed by atoms with Gasteiger partial charge in [0.25, 0.3) is 5.91 Å². The van der Waals surface area contributed by atoms with Crippen LogP contribution in [0.5, 0.6) is 0 Å². The van der Waals surface area contributed by atoms with E-state index in [0.717, 1.165) is 24.5 Å². The summed E-state index contributed by atoms with van der Waals surface area (Å²) in [5.74, 6) is -0.498. The molecular weight excluding hydrogens is 540 g/mol. The van der Waals surface area contributed by atoms with Crippen molar-refractivity contribution in [2.45, 2.75) is 18.9 Å². The molecule has 210 valence electrons. The average Bonchev–Trinajstić information content (AvgIpc) is 3.39. The Balaban J connectivity index is 1.28. The molecule has 1 spiro atoms. The molecule has 3 aromatic rings. The first-order chi connectivity index (χ1) is 19.2. The standard InChI is InChI=1S/C28H29F2N5O4S/c29-19-10-20(30)12-21(11-19)35-3-1-2-24(35)22-8-18(27(36)34-14-28(15-34)16-40(37,38)17-28)9-23-26(22)32-25(13-31-23)33-4-6-39-7-5-33/h8-13,24H,1-7,14-17H2. The van der Waals surface area contributed by atoms with Crippen LogP contribution in [0.4, 0.5) is 20.3 Å². The van der Waals surface area contributed by atoms with E-state index in [9.17, 15) is 22.0 Å². The zero-order chi connectivity index (χ0) is 27.6. The summed E-state index contributed by atoms with van der Waals surface area (Å²) in [6.45, 7) is 4.01. The second kappa shape index (κ2) is 9.34. The first-order valence-corrected chi connectivity index (χ1v) is 15.4. The second-order valence-corrected chi connectivity index (χ2v) is 13.5. The van der Waals surface area contributed by atoms with Crippen LogP contribution in [-0.4, -0.2) is 86.6 Å². The van der Waals surface area contributed by atoms with Crippen LogP contribution in [0.1, 0.15) is 34.8 Å². The normalized spacial score (nSPS) is 23.4. The Labute approximate surface area is 230 Å². The molecule has 0 aliphatic carbocycles. The molecule has 0 saturated carbocycles. The minimum atomic E-state index is -2.99. The van der Waals surface area contributed by atoms with Gasteiger partial charge in [0.05, 0.1) is 48.0 Å². The summed E-state index contributed by atoms with van der Waals surface area (Å²) < 4.78 is 57.3. The summed E-state index contributed by atoms with van der Waals surface area (Å²) in [5.41, 5.74) is 2.58. The Hall–Kier alpha value is -3.38. The van der Waals surface area contributed by atoms with Gasteiger partial charge < -0.3 is 19.4 Å². The molecule has 4 saturated heterocycles. The number of anilines is 2. The molecule has 0 N–H and O–H groups in total. The second-order valence-electron chi connectivity index (χ2n) is 11.4. The molecule has 4 aliphatic heterocycles. The molecule has 1 unspecified atom stereocenters. The number of morpholine rings is 1. The lowest BCUT2D eigenvalue weighted by Gasteiger charge is -2.54. The van der Waals surface area contributed by atoms with Crippen molar-refractivity contribution < 1.29 is 26.7 Å². The number of aromatic nitrogens is 2. The maximum absolute atomic E-state index is 14.2. The Morgan fingerprint density at radius 2 is 1.73 bits per heavy atom. The zero-order valence-corrected chi connectivity index (χ0v) is 22.7. The predicted molar refractivity (Wildman–Crippen MR) is 145 cm³/mol. The summed E-state index contributed by atoms with van der Waals surface area (Å²) in [7, 11) is -2.99. The first-order valence-electron chi connectivity index (χ1n) is 13.5. The van der Waals surface area contributed by atoms with Crippen molar-refractivity contribution in [2.24, 2.45) is 5.41 Å². The predicted octanol–water partition coefficient (Wildman–Crippen LogP) is 2.96.